The molecule has 0 atom stereocenters. The maximum Gasteiger partial charge on any atom is 0.304 e. The molecule has 1 aromatic carbocycles. The number of unbranched alkanes of at least 4 members (excludes halogenated alkanes) is 1. The Labute approximate surface area is 114 Å². The Bertz CT molecular complexity index is 362. The van der Waals surface area contributed by atoms with Crippen molar-refractivity contribution >= 4 is 5.97 Å². The number of carboxylic acids is 1. The van der Waals surface area contributed by atoms with E-state index in [9.17, 15) is 4.79 Å². The minimum absolute atomic E-state index is 0.171. The van der Waals surface area contributed by atoms with E-state index in [2.05, 4.69) is 24.4 Å². The van der Waals surface area contributed by atoms with Crippen LogP contribution < -0.4 is 10.1 Å². The molecule has 0 radical (unpaired) electrons. The molecule has 0 heterocycles. The third-order valence-corrected chi connectivity index (χ3v) is 2.80. The molecule has 1 aromatic rings. The quantitative estimate of drug-likeness (QED) is 0.638. The molecule has 0 saturated carbocycles. The Morgan fingerprint density at radius 2 is 2.00 bits per heavy atom. The fraction of sp³-hybridized carbons (Fsp3) is 0.533. The van der Waals surface area contributed by atoms with Crippen molar-refractivity contribution in [3.63, 3.8) is 0 Å². The van der Waals surface area contributed by atoms with Crippen LogP contribution in [0.25, 0.3) is 0 Å². The predicted molar refractivity (Wildman–Crippen MR) is 75.7 cm³/mol. The van der Waals surface area contributed by atoms with Gasteiger partial charge in [-0.1, -0.05) is 25.5 Å². The van der Waals surface area contributed by atoms with E-state index in [4.69, 9.17) is 9.84 Å². The van der Waals surface area contributed by atoms with Crippen LogP contribution in [0, 0.1) is 0 Å². The van der Waals surface area contributed by atoms with Gasteiger partial charge in [-0.25, -0.2) is 0 Å². The summed E-state index contributed by atoms with van der Waals surface area (Å²) in [4.78, 5) is 10.3. The van der Waals surface area contributed by atoms with Crippen LogP contribution in [-0.4, -0.2) is 30.8 Å². The van der Waals surface area contributed by atoms with Gasteiger partial charge in [0.25, 0.3) is 0 Å². The number of benzene rings is 1. The van der Waals surface area contributed by atoms with E-state index in [1.807, 2.05) is 12.1 Å². The molecule has 0 aliphatic heterocycles. The average molecular weight is 265 g/mol. The summed E-state index contributed by atoms with van der Waals surface area (Å²) in [5, 5.41) is 11.6. The van der Waals surface area contributed by atoms with Crippen LogP contribution in [0.2, 0.25) is 0 Å². The Morgan fingerprint density at radius 3 is 2.63 bits per heavy atom. The molecule has 0 bridgehead atoms. The standard InChI is InChI=1S/C15H23NO3/c1-2-3-12-19-14-6-4-13(5-7-14)8-10-16-11-9-15(17)18/h4-7,16H,2-3,8-12H2,1H3,(H,17,18). The molecular weight excluding hydrogens is 242 g/mol. The van der Waals surface area contributed by atoms with Gasteiger partial charge in [0.1, 0.15) is 5.75 Å². The second-order valence-corrected chi connectivity index (χ2v) is 4.49. The minimum atomic E-state index is -0.763. The number of nitrogens with one attached hydrogen (secondary N) is 1. The Kier molecular flexibility index (Phi) is 7.66. The van der Waals surface area contributed by atoms with Crippen molar-refractivity contribution in [2.45, 2.75) is 32.6 Å². The maximum atomic E-state index is 10.3. The number of rotatable bonds is 10. The fourth-order valence-corrected chi connectivity index (χ4v) is 1.64. The highest BCUT2D eigenvalue weighted by molar-refractivity contribution is 5.66. The second kappa shape index (κ2) is 9.39. The van der Waals surface area contributed by atoms with Gasteiger partial charge in [0.15, 0.2) is 0 Å². The molecule has 0 spiro atoms. The van der Waals surface area contributed by atoms with Crippen LogP contribution in [-0.2, 0) is 11.2 Å². The first-order valence-corrected chi connectivity index (χ1v) is 6.86. The molecule has 0 fully saturated rings. The second-order valence-electron chi connectivity index (χ2n) is 4.49. The molecule has 0 aliphatic carbocycles. The van der Waals surface area contributed by atoms with E-state index >= 15 is 0 Å². The molecule has 19 heavy (non-hydrogen) atoms. The largest absolute Gasteiger partial charge is 0.494 e. The zero-order valence-corrected chi connectivity index (χ0v) is 11.5. The summed E-state index contributed by atoms with van der Waals surface area (Å²) in [6, 6.07) is 8.09. The van der Waals surface area contributed by atoms with Crippen LogP contribution in [0.15, 0.2) is 24.3 Å². The molecule has 0 saturated heterocycles. The zero-order valence-electron chi connectivity index (χ0n) is 11.5. The van der Waals surface area contributed by atoms with Crippen molar-refractivity contribution < 1.29 is 14.6 Å². The van der Waals surface area contributed by atoms with Crippen molar-refractivity contribution in [1.82, 2.24) is 5.32 Å². The van der Waals surface area contributed by atoms with Gasteiger partial charge in [0, 0.05) is 6.54 Å². The molecule has 2 N–H and O–H groups in total. The molecule has 106 valence electrons. The molecule has 1 rings (SSSR count). The highest BCUT2D eigenvalue weighted by Crippen LogP contribution is 2.12. The minimum Gasteiger partial charge on any atom is -0.494 e. The number of ether oxygens (including phenoxy) is 1. The van der Waals surface area contributed by atoms with Gasteiger partial charge in [0.2, 0.25) is 0 Å². The fourth-order valence-electron chi connectivity index (χ4n) is 1.64. The van der Waals surface area contributed by atoms with Gasteiger partial charge in [-0.05, 0) is 37.1 Å². The third kappa shape index (κ3) is 7.47. The Hall–Kier alpha value is -1.55. The lowest BCUT2D eigenvalue weighted by molar-refractivity contribution is -0.136. The average Bonchev–Trinajstić information content (AvgIpc) is 2.40. The zero-order chi connectivity index (χ0) is 13.9. The van der Waals surface area contributed by atoms with E-state index in [-0.39, 0.29) is 6.42 Å². The van der Waals surface area contributed by atoms with Crippen LogP contribution in [0.5, 0.6) is 5.75 Å². The van der Waals surface area contributed by atoms with Gasteiger partial charge in [-0.3, -0.25) is 4.79 Å². The van der Waals surface area contributed by atoms with Gasteiger partial charge in [-0.15, -0.1) is 0 Å². The lowest BCUT2D eigenvalue weighted by Gasteiger charge is -2.07. The summed E-state index contributed by atoms with van der Waals surface area (Å²) >= 11 is 0. The van der Waals surface area contributed by atoms with E-state index in [0.29, 0.717) is 6.54 Å². The molecule has 0 aliphatic rings. The SMILES string of the molecule is CCCCOc1ccc(CCNCCC(=O)O)cc1. The van der Waals surface area contributed by atoms with Gasteiger partial charge >= 0.3 is 5.97 Å². The molecule has 4 heteroatoms. The molecule has 0 unspecified atom stereocenters. The molecule has 0 aromatic heterocycles. The molecule has 4 nitrogen and oxygen atoms in total. The Balaban J connectivity index is 2.18. The first-order chi connectivity index (χ1) is 9.22. The van der Waals surface area contributed by atoms with Crippen molar-refractivity contribution in [1.29, 1.82) is 0 Å². The highest BCUT2D eigenvalue weighted by Gasteiger charge is 1.98. The van der Waals surface area contributed by atoms with Crippen molar-refractivity contribution in [3.05, 3.63) is 29.8 Å². The van der Waals surface area contributed by atoms with Crippen molar-refractivity contribution in [3.8, 4) is 5.75 Å². The van der Waals surface area contributed by atoms with E-state index in [0.717, 1.165) is 38.2 Å². The topological polar surface area (TPSA) is 58.6 Å². The van der Waals surface area contributed by atoms with Gasteiger partial charge in [-0.2, -0.15) is 0 Å². The van der Waals surface area contributed by atoms with Crippen LogP contribution in [0.4, 0.5) is 0 Å². The third-order valence-electron chi connectivity index (χ3n) is 2.80. The molecule has 0 amide bonds. The van der Waals surface area contributed by atoms with Gasteiger partial charge < -0.3 is 15.2 Å². The number of carboxylic acid groups (broad SMARTS) is 1. The van der Waals surface area contributed by atoms with Crippen LogP contribution in [0.1, 0.15) is 31.7 Å². The Morgan fingerprint density at radius 1 is 1.26 bits per heavy atom. The van der Waals surface area contributed by atoms with Crippen LogP contribution >= 0.6 is 0 Å². The summed E-state index contributed by atoms with van der Waals surface area (Å²) in [7, 11) is 0. The molecular formula is C15H23NO3. The first kappa shape index (κ1) is 15.5. The van der Waals surface area contributed by atoms with Crippen LogP contribution in [0.3, 0.4) is 0 Å². The maximum absolute atomic E-state index is 10.3. The summed E-state index contributed by atoms with van der Waals surface area (Å²) in [5.74, 6) is 0.150. The normalized spacial score (nSPS) is 10.4. The predicted octanol–water partition coefficient (Wildman–Crippen LogP) is 2.47. The monoisotopic (exact) mass is 265 g/mol. The van der Waals surface area contributed by atoms with E-state index in [1.165, 1.54) is 5.56 Å². The van der Waals surface area contributed by atoms with Crippen molar-refractivity contribution in [2.24, 2.45) is 0 Å². The lowest BCUT2D eigenvalue weighted by atomic mass is 10.1. The first-order valence-electron chi connectivity index (χ1n) is 6.86. The number of hydrogen-bond acceptors (Lipinski definition) is 3. The summed E-state index contributed by atoms with van der Waals surface area (Å²) in [5.41, 5.74) is 1.23. The van der Waals surface area contributed by atoms with Crippen molar-refractivity contribution in [2.75, 3.05) is 19.7 Å². The van der Waals surface area contributed by atoms with E-state index in [1.54, 1.807) is 0 Å². The number of hydrogen-bond donors (Lipinski definition) is 2. The highest BCUT2D eigenvalue weighted by atomic mass is 16.5. The van der Waals surface area contributed by atoms with Gasteiger partial charge in [0.05, 0.1) is 13.0 Å². The lowest BCUT2D eigenvalue weighted by Crippen LogP contribution is -2.20. The number of aliphatic carboxylic acids is 1. The smallest absolute Gasteiger partial charge is 0.304 e. The van der Waals surface area contributed by atoms with E-state index < -0.39 is 5.97 Å². The summed E-state index contributed by atoms with van der Waals surface area (Å²) in [6.07, 6.45) is 3.29. The summed E-state index contributed by atoms with van der Waals surface area (Å²) < 4.78 is 5.59. The number of carbonyl (C=O) groups is 1. The summed E-state index contributed by atoms with van der Waals surface area (Å²) in [6.45, 7) is 4.23.